The minimum atomic E-state index is -0.209. The number of aromatic nitrogens is 4. The second-order valence-electron chi connectivity index (χ2n) is 6.46. The Kier molecular flexibility index (Phi) is 5.23. The zero-order valence-corrected chi connectivity index (χ0v) is 16.2. The number of benzene rings is 1. The van der Waals surface area contributed by atoms with E-state index in [1.54, 1.807) is 18.5 Å². The highest BCUT2D eigenvalue weighted by atomic mass is 32.1. The number of nitrogens with zero attached hydrogens (tertiary/aromatic N) is 2. The predicted molar refractivity (Wildman–Crippen MR) is 113 cm³/mol. The van der Waals surface area contributed by atoms with Crippen LogP contribution in [0.25, 0.3) is 33.0 Å². The molecule has 1 aromatic carbocycles. The lowest BCUT2D eigenvalue weighted by atomic mass is 10.1. The summed E-state index contributed by atoms with van der Waals surface area (Å²) >= 11 is 1.11. The monoisotopic (exact) mass is 396 g/mol. The molecule has 3 aromatic heterocycles. The first-order valence-corrected chi connectivity index (χ1v) is 9.84. The number of nitrogens with one attached hydrogen (secondary N) is 4. The van der Waals surface area contributed by atoms with Crippen molar-refractivity contribution in [2.75, 3.05) is 12.4 Å². The lowest BCUT2D eigenvalue weighted by Gasteiger charge is -1.98. The van der Waals surface area contributed by atoms with Crippen LogP contribution in [-0.4, -0.2) is 33.3 Å². The molecule has 0 aliphatic heterocycles. The van der Waals surface area contributed by atoms with E-state index in [1.165, 1.54) is 18.9 Å². The van der Waals surface area contributed by atoms with E-state index in [9.17, 15) is 4.39 Å². The maximum atomic E-state index is 13.3. The van der Waals surface area contributed by atoms with Gasteiger partial charge in [0.15, 0.2) is 11.0 Å². The Bertz CT molecular complexity index is 1090. The first-order chi connectivity index (χ1) is 13.7. The van der Waals surface area contributed by atoms with Gasteiger partial charge in [-0.05, 0) is 44.3 Å². The summed E-state index contributed by atoms with van der Waals surface area (Å²) in [5, 5.41) is 12.9. The summed E-state index contributed by atoms with van der Waals surface area (Å²) < 4.78 is 13.3. The quantitative estimate of drug-likeness (QED) is 0.393. The summed E-state index contributed by atoms with van der Waals surface area (Å²) in [6, 6.07) is 9.92. The van der Waals surface area contributed by atoms with Crippen molar-refractivity contribution in [3.63, 3.8) is 0 Å². The topological polar surface area (TPSA) is 81.4 Å². The fourth-order valence-corrected chi connectivity index (χ4v) is 3.62. The van der Waals surface area contributed by atoms with Gasteiger partial charge in [0.1, 0.15) is 5.69 Å². The molecule has 3 heterocycles. The van der Waals surface area contributed by atoms with Crippen LogP contribution in [0.3, 0.4) is 0 Å². The molecule has 0 unspecified atom stereocenters. The van der Waals surface area contributed by atoms with E-state index in [0.717, 1.165) is 50.2 Å². The van der Waals surface area contributed by atoms with E-state index >= 15 is 0 Å². The lowest BCUT2D eigenvalue weighted by Crippen LogP contribution is -2.06. The fraction of sp³-hybridized carbons (Fsp3) is 0.200. The number of aromatic amines is 2. The zero-order valence-electron chi connectivity index (χ0n) is 15.4. The highest BCUT2D eigenvalue weighted by Crippen LogP contribution is 2.34. The number of H-pyrrole nitrogens is 2. The highest BCUT2D eigenvalue weighted by Gasteiger charge is 2.17. The molecule has 1 aliphatic carbocycles. The smallest absolute Gasteiger partial charge is 0.176 e. The molecule has 0 amide bonds. The lowest BCUT2D eigenvalue weighted by molar-refractivity contribution is 0.657. The first kappa shape index (κ1) is 18.4. The van der Waals surface area contributed by atoms with Gasteiger partial charge < -0.3 is 15.6 Å². The average molecular weight is 396 g/mol. The Morgan fingerprint density at radius 1 is 1.29 bits per heavy atom. The van der Waals surface area contributed by atoms with Crippen LogP contribution in [0.2, 0.25) is 0 Å². The molecule has 6 nitrogen and oxygen atoms in total. The van der Waals surface area contributed by atoms with Gasteiger partial charge in [-0.1, -0.05) is 18.7 Å². The van der Waals surface area contributed by atoms with Crippen LogP contribution in [0.1, 0.15) is 12.8 Å². The van der Waals surface area contributed by atoms with Gasteiger partial charge in [0.05, 0.1) is 22.9 Å². The third-order valence-electron chi connectivity index (χ3n) is 4.47. The third-order valence-corrected chi connectivity index (χ3v) is 5.38. The van der Waals surface area contributed by atoms with Crippen LogP contribution in [0.15, 0.2) is 49.3 Å². The van der Waals surface area contributed by atoms with Gasteiger partial charge in [-0.3, -0.25) is 5.10 Å². The predicted octanol–water partition coefficient (Wildman–Crippen LogP) is 4.74. The normalized spacial score (nSPS) is 13.2. The SMILES string of the molecule is C=CNc1cn[nH]c1-c1nc2c(-c3ccc(F)s3)cccc2[nH]1.CNC1CC1. The summed E-state index contributed by atoms with van der Waals surface area (Å²) in [6.07, 6.45) is 6.05. The zero-order chi connectivity index (χ0) is 19.5. The van der Waals surface area contributed by atoms with Gasteiger partial charge in [-0.2, -0.15) is 9.49 Å². The number of thiophene rings is 1. The summed E-state index contributed by atoms with van der Waals surface area (Å²) in [5.41, 5.74) is 4.10. The molecule has 0 spiro atoms. The number of para-hydroxylation sites is 1. The van der Waals surface area contributed by atoms with E-state index in [-0.39, 0.29) is 5.13 Å². The molecule has 0 bridgehead atoms. The van der Waals surface area contributed by atoms with Crippen molar-refractivity contribution in [3.05, 3.63) is 54.4 Å². The van der Waals surface area contributed by atoms with Crippen LogP contribution in [0.5, 0.6) is 0 Å². The Morgan fingerprint density at radius 3 is 2.79 bits per heavy atom. The van der Waals surface area contributed by atoms with Gasteiger partial charge in [-0.25, -0.2) is 4.98 Å². The molecule has 4 aromatic rings. The molecule has 1 fully saturated rings. The first-order valence-electron chi connectivity index (χ1n) is 9.02. The number of imidazole rings is 1. The van der Waals surface area contributed by atoms with Gasteiger partial charge in [0.25, 0.3) is 0 Å². The van der Waals surface area contributed by atoms with Gasteiger partial charge >= 0.3 is 0 Å². The van der Waals surface area contributed by atoms with Crippen LogP contribution in [0.4, 0.5) is 10.1 Å². The van der Waals surface area contributed by atoms with Crippen molar-refractivity contribution in [1.82, 2.24) is 25.5 Å². The van der Waals surface area contributed by atoms with E-state index in [0.29, 0.717) is 5.82 Å². The van der Waals surface area contributed by atoms with E-state index in [1.807, 2.05) is 25.2 Å². The Labute approximate surface area is 165 Å². The molecule has 0 radical (unpaired) electrons. The van der Waals surface area contributed by atoms with E-state index in [2.05, 4.69) is 37.4 Å². The van der Waals surface area contributed by atoms with Crippen LogP contribution >= 0.6 is 11.3 Å². The number of rotatable bonds is 5. The van der Waals surface area contributed by atoms with Crippen molar-refractivity contribution >= 4 is 28.1 Å². The maximum absolute atomic E-state index is 13.3. The van der Waals surface area contributed by atoms with Gasteiger partial charge in [-0.15, -0.1) is 11.3 Å². The maximum Gasteiger partial charge on any atom is 0.176 e. The Balaban J connectivity index is 0.000000336. The molecule has 144 valence electrons. The molecular formula is C20H21FN6S. The number of fused-ring (bicyclic) bond motifs is 1. The minimum Gasteiger partial charge on any atom is -0.359 e. The minimum absolute atomic E-state index is 0.209. The highest BCUT2D eigenvalue weighted by molar-refractivity contribution is 7.14. The molecule has 0 atom stereocenters. The summed E-state index contributed by atoms with van der Waals surface area (Å²) in [4.78, 5) is 8.78. The second-order valence-corrected chi connectivity index (χ2v) is 7.49. The molecule has 1 saturated carbocycles. The van der Waals surface area contributed by atoms with Crippen molar-refractivity contribution in [2.45, 2.75) is 18.9 Å². The van der Waals surface area contributed by atoms with E-state index < -0.39 is 0 Å². The van der Waals surface area contributed by atoms with Crippen molar-refractivity contribution < 1.29 is 4.39 Å². The largest absolute Gasteiger partial charge is 0.359 e. The molecule has 28 heavy (non-hydrogen) atoms. The van der Waals surface area contributed by atoms with Crippen molar-refractivity contribution in [1.29, 1.82) is 0 Å². The Hall–Kier alpha value is -2.97. The van der Waals surface area contributed by atoms with Crippen LogP contribution < -0.4 is 10.6 Å². The van der Waals surface area contributed by atoms with Gasteiger partial charge in [0.2, 0.25) is 0 Å². The molecule has 8 heteroatoms. The van der Waals surface area contributed by atoms with Crippen molar-refractivity contribution in [3.8, 4) is 22.0 Å². The van der Waals surface area contributed by atoms with Crippen LogP contribution in [0, 0.1) is 5.13 Å². The summed E-state index contributed by atoms with van der Waals surface area (Å²) in [5.74, 6) is 0.659. The molecule has 4 N–H and O–H groups in total. The molecule has 5 rings (SSSR count). The second kappa shape index (κ2) is 7.95. The third kappa shape index (κ3) is 3.83. The fourth-order valence-electron chi connectivity index (χ4n) is 2.87. The number of hydrogen-bond acceptors (Lipinski definition) is 5. The average Bonchev–Trinajstić information content (AvgIpc) is 3.05. The van der Waals surface area contributed by atoms with Crippen LogP contribution in [-0.2, 0) is 0 Å². The molecule has 1 aliphatic rings. The number of anilines is 1. The summed E-state index contributed by atoms with van der Waals surface area (Å²) in [7, 11) is 2.01. The van der Waals surface area contributed by atoms with Gasteiger partial charge in [0, 0.05) is 16.5 Å². The summed E-state index contributed by atoms with van der Waals surface area (Å²) in [6.45, 7) is 3.65. The standard InChI is InChI=1S/C16H12FN5S.C4H9N/c1-2-18-11-8-19-22-15(11)16-20-10-5-3-4-9(14(10)21-16)12-6-7-13(17)23-12;1-5-4-2-3-4/h2-8,18H,1H2,(H,19,22)(H,20,21);4-5H,2-3H2,1H3. The molecular weight excluding hydrogens is 375 g/mol. The van der Waals surface area contributed by atoms with E-state index in [4.69, 9.17) is 0 Å². The Morgan fingerprint density at radius 2 is 2.14 bits per heavy atom. The molecule has 0 saturated heterocycles. The van der Waals surface area contributed by atoms with Crippen molar-refractivity contribution in [2.24, 2.45) is 0 Å². The number of halogens is 1. The number of hydrogen-bond donors (Lipinski definition) is 4.